The molecule has 0 bridgehead atoms. The molecule has 1 aliphatic rings. The van der Waals surface area contributed by atoms with Crippen LogP contribution in [0.5, 0.6) is 5.75 Å². The van der Waals surface area contributed by atoms with Crippen LogP contribution in [0.15, 0.2) is 36.7 Å². The van der Waals surface area contributed by atoms with Crippen LogP contribution in [0.25, 0.3) is 11.0 Å². The van der Waals surface area contributed by atoms with E-state index in [2.05, 4.69) is 20.7 Å². The molecule has 0 radical (unpaired) electrons. The van der Waals surface area contributed by atoms with Gasteiger partial charge in [0.2, 0.25) is 5.91 Å². The van der Waals surface area contributed by atoms with Gasteiger partial charge in [0.1, 0.15) is 5.75 Å². The monoisotopic (exact) mass is 450 g/mol. The second-order valence-corrected chi connectivity index (χ2v) is 8.37. The Morgan fingerprint density at radius 2 is 1.88 bits per heavy atom. The van der Waals surface area contributed by atoms with Gasteiger partial charge in [0.15, 0.2) is 5.65 Å². The smallest absolute Gasteiger partial charge is 0.255 e. The lowest BCUT2D eigenvalue weighted by Crippen LogP contribution is -2.33. The number of nitrogens with one attached hydrogen (secondary N) is 2. The molecule has 1 fully saturated rings. The average Bonchev–Trinajstić information content (AvgIpc) is 3.27. The van der Waals surface area contributed by atoms with E-state index in [1.165, 1.54) is 0 Å². The molecular formula is C24H30N6O3. The molecular weight excluding hydrogens is 420 g/mol. The highest BCUT2D eigenvalue weighted by Crippen LogP contribution is 2.31. The molecule has 0 aliphatic heterocycles. The Bertz CT molecular complexity index is 1130. The zero-order chi connectivity index (χ0) is 23.4. The number of carbonyl (C=O) groups is 2. The summed E-state index contributed by atoms with van der Waals surface area (Å²) in [7, 11) is 1.62. The molecule has 9 heteroatoms. The van der Waals surface area contributed by atoms with Gasteiger partial charge in [-0.1, -0.05) is 12.1 Å². The Kier molecular flexibility index (Phi) is 6.76. The number of pyridine rings is 1. The van der Waals surface area contributed by atoms with Gasteiger partial charge in [-0.3, -0.25) is 9.59 Å². The fraction of sp³-hybridized carbons (Fsp3) is 0.417. The van der Waals surface area contributed by atoms with Crippen LogP contribution in [0.3, 0.4) is 0 Å². The normalized spacial score (nSPS) is 18.1. The Balaban J connectivity index is 1.56. The maximum absolute atomic E-state index is 13.2. The number of hydrogen-bond acceptors (Lipinski definition) is 6. The van der Waals surface area contributed by atoms with Gasteiger partial charge in [0.25, 0.3) is 5.91 Å². The van der Waals surface area contributed by atoms with Crippen molar-refractivity contribution in [3.8, 4) is 5.75 Å². The van der Waals surface area contributed by atoms with Crippen LogP contribution >= 0.6 is 0 Å². The molecule has 0 unspecified atom stereocenters. The summed E-state index contributed by atoms with van der Waals surface area (Å²) in [6, 6.07) is 7.71. The predicted octanol–water partition coefficient (Wildman–Crippen LogP) is 2.85. The highest BCUT2D eigenvalue weighted by atomic mass is 16.5. The summed E-state index contributed by atoms with van der Waals surface area (Å²) in [4.78, 5) is 29.2. The molecule has 2 aromatic heterocycles. The van der Waals surface area contributed by atoms with Crippen molar-refractivity contribution < 1.29 is 14.3 Å². The molecule has 33 heavy (non-hydrogen) atoms. The van der Waals surface area contributed by atoms with E-state index in [0.29, 0.717) is 18.7 Å². The Morgan fingerprint density at radius 3 is 2.52 bits per heavy atom. The predicted molar refractivity (Wildman–Crippen MR) is 126 cm³/mol. The minimum Gasteiger partial charge on any atom is -0.497 e. The number of methoxy groups -OCH3 is 1. The summed E-state index contributed by atoms with van der Waals surface area (Å²) in [6.45, 7) is 3.07. The lowest BCUT2D eigenvalue weighted by atomic mass is 9.85. The molecule has 2 heterocycles. The van der Waals surface area contributed by atoms with Crippen molar-refractivity contribution in [2.24, 2.45) is 11.7 Å². The van der Waals surface area contributed by atoms with E-state index in [1.54, 1.807) is 19.5 Å². The molecule has 0 saturated heterocycles. The van der Waals surface area contributed by atoms with Gasteiger partial charge < -0.3 is 21.1 Å². The standard InChI is InChI=1S/C24H30N6O3/c1-3-30-23-19(14-28-30)21(29-17-8-6-16(7-9-17)22(25)31)20(13-26-23)24(32)27-12-15-4-10-18(33-2)11-5-15/h4-5,10-11,13-14,16-17H,3,6-9,12H2,1-2H3,(H2,25,31)(H,26,29)(H,27,32). The maximum atomic E-state index is 13.2. The van der Waals surface area contributed by atoms with E-state index in [4.69, 9.17) is 10.5 Å². The minimum absolute atomic E-state index is 0.0735. The number of benzene rings is 1. The molecule has 9 nitrogen and oxygen atoms in total. The summed E-state index contributed by atoms with van der Waals surface area (Å²) in [5.74, 6) is 0.251. The van der Waals surface area contributed by atoms with Gasteiger partial charge in [0.05, 0.1) is 29.9 Å². The Morgan fingerprint density at radius 1 is 1.15 bits per heavy atom. The number of ether oxygens (including phenoxy) is 1. The van der Waals surface area contributed by atoms with Crippen LogP contribution in [-0.4, -0.2) is 39.7 Å². The fourth-order valence-electron chi connectivity index (χ4n) is 4.33. The van der Waals surface area contributed by atoms with Gasteiger partial charge in [-0.2, -0.15) is 5.10 Å². The van der Waals surface area contributed by atoms with Gasteiger partial charge in [-0.05, 0) is 50.3 Å². The highest BCUT2D eigenvalue weighted by molar-refractivity contribution is 6.06. The first-order chi connectivity index (χ1) is 16.0. The zero-order valence-electron chi connectivity index (χ0n) is 19.0. The number of aromatic nitrogens is 3. The summed E-state index contributed by atoms with van der Waals surface area (Å²) in [5, 5.41) is 11.8. The van der Waals surface area contributed by atoms with Crippen LogP contribution < -0.4 is 21.1 Å². The first kappa shape index (κ1) is 22.6. The summed E-state index contributed by atoms with van der Waals surface area (Å²) in [6.07, 6.45) is 6.47. The van der Waals surface area contributed by atoms with Gasteiger partial charge >= 0.3 is 0 Å². The second-order valence-electron chi connectivity index (χ2n) is 8.37. The fourth-order valence-corrected chi connectivity index (χ4v) is 4.33. The van der Waals surface area contributed by atoms with Crippen molar-refractivity contribution in [3.63, 3.8) is 0 Å². The van der Waals surface area contributed by atoms with Crippen molar-refractivity contribution in [3.05, 3.63) is 47.8 Å². The third kappa shape index (κ3) is 4.92. The Hall–Kier alpha value is -3.62. The first-order valence-electron chi connectivity index (χ1n) is 11.3. The van der Waals surface area contributed by atoms with E-state index in [0.717, 1.165) is 53.7 Å². The van der Waals surface area contributed by atoms with E-state index in [1.807, 2.05) is 35.9 Å². The molecule has 4 N–H and O–H groups in total. The molecule has 0 atom stereocenters. The average molecular weight is 451 g/mol. The number of nitrogens with zero attached hydrogens (tertiary/aromatic N) is 3. The van der Waals surface area contributed by atoms with E-state index < -0.39 is 0 Å². The van der Waals surface area contributed by atoms with E-state index in [-0.39, 0.29) is 23.8 Å². The van der Waals surface area contributed by atoms with Crippen LogP contribution in [0.4, 0.5) is 5.69 Å². The number of fused-ring (bicyclic) bond motifs is 1. The zero-order valence-corrected chi connectivity index (χ0v) is 19.0. The van der Waals surface area contributed by atoms with Crippen molar-refractivity contribution in [1.29, 1.82) is 0 Å². The van der Waals surface area contributed by atoms with Crippen LogP contribution in [0.1, 0.15) is 48.5 Å². The lowest BCUT2D eigenvalue weighted by molar-refractivity contribution is -0.122. The Labute approximate surface area is 192 Å². The largest absolute Gasteiger partial charge is 0.497 e. The van der Waals surface area contributed by atoms with Crippen LogP contribution in [0, 0.1) is 5.92 Å². The number of aryl methyl sites for hydroxylation is 1. The van der Waals surface area contributed by atoms with Crippen molar-refractivity contribution in [2.45, 2.75) is 51.7 Å². The first-order valence-corrected chi connectivity index (χ1v) is 11.3. The quantitative estimate of drug-likeness (QED) is 0.485. The molecule has 1 aliphatic carbocycles. The van der Waals surface area contributed by atoms with Crippen LogP contribution in [-0.2, 0) is 17.9 Å². The topological polar surface area (TPSA) is 124 Å². The molecule has 3 aromatic rings. The minimum atomic E-state index is -0.234. The second kappa shape index (κ2) is 9.89. The van der Waals surface area contributed by atoms with Crippen molar-refractivity contribution in [2.75, 3.05) is 12.4 Å². The number of amides is 2. The maximum Gasteiger partial charge on any atom is 0.255 e. The number of nitrogens with two attached hydrogens (primary N) is 1. The van der Waals surface area contributed by atoms with E-state index >= 15 is 0 Å². The molecule has 2 amide bonds. The number of rotatable bonds is 8. The van der Waals surface area contributed by atoms with Crippen molar-refractivity contribution >= 4 is 28.5 Å². The van der Waals surface area contributed by atoms with Gasteiger partial charge in [-0.25, -0.2) is 9.67 Å². The third-order valence-electron chi connectivity index (χ3n) is 6.30. The van der Waals surface area contributed by atoms with E-state index in [9.17, 15) is 9.59 Å². The number of hydrogen-bond donors (Lipinski definition) is 3. The van der Waals surface area contributed by atoms with Crippen LogP contribution in [0.2, 0.25) is 0 Å². The summed E-state index contributed by atoms with van der Waals surface area (Å²) >= 11 is 0. The lowest BCUT2D eigenvalue weighted by Gasteiger charge is -2.29. The number of carbonyl (C=O) groups excluding carboxylic acids is 2. The van der Waals surface area contributed by atoms with Crippen molar-refractivity contribution in [1.82, 2.24) is 20.1 Å². The number of primary amides is 1. The summed E-state index contributed by atoms with van der Waals surface area (Å²) in [5.41, 5.74) is 8.39. The third-order valence-corrected chi connectivity index (χ3v) is 6.30. The van der Waals surface area contributed by atoms with Gasteiger partial charge in [-0.15, -0.1) is 0 Å². The SMILES string of the molecule is CCn1ncc2c(NC3CCC(C(N)=O)CC3)c(C(=O)NCc3ccc(OC)cc3)cnc21. The molecule has 1 saturated carbocycles. The molecule has 4 rings (SSSR count). The molecule has 174 valence electrons. The number of anilines is 1. The molecule has 0 spiro atoms. The summed E-state index contributed by atoms with van der Waals surface area (Å²) < 4.78 is 7.00. The molecule has 1 aromatic carbocycles. The highest BCUT2D eigenvalue weighted by Gasteiger charge is 2.27. The van der Waals surface area contributed by atoms with Gasteiger partial charge in [0, 0.05) is 31.2 Å².